The van der Waals surface area contributed by atoms with Crippen LogP contribution in [-0.4, -0.2) is 41.3 Å². The predicted octanol–water partition coefficient (Wildman–Crippen LogP) is 2.77. The molecule has 1 aliphatic rings. The first-order valence-electron chi connectivity index (χ1n) is 7.78. The van der Waals surface area contributed by atoms with Crippen LogP contribution in [0.15, 0.2) is 46.9 Å². The molecule has 0 unspecified atom stereocenters. The summed E-state index contributed by atoms with van der Waals surface area (Å²) in [5.41, 5.74) is 0.966. The molecule has 0 aliphatic carbocycles. The molecule has 3 rings (SSSR count). The molecule has 6 nitrogen and oxygen atoms in total. The molecule has 0 bridgehead atoms. The van der Waals surface area contributed by atoms with E-state index >= 15 is 0 Å². The van der Waals surface area contributed by atoms with Crippen LogP contribution < -0.4 is 14.2 Å². The third-order valence-corrected chi connectivity index (χ3v) is 5.85. The second-order valence-corrected chi connectivity index (χ2v) is 7.67. The van der Waals surface area contributed by atoms with Crippen molar-refractivity contribution in [2.45, 2.75) is 4.90 Å². The number of fused-ring (bicyclic) bond motifs is 1. The van der Waals surface area contributed by atoms with Gasteiger partial charge in [0, 0.05) is 11.1 Å². The number of hydrogen-bond donors (Lipinski definition) is 0. The van der Waals surface area contributed by atoms with Gasteiger partial charge in [0.25, 0.3) is 0 Å². The van der Waals surface area contributed by atoms with Crippen molar-refractivity contribution in [2.24, 2.45) is 0 Å². The maximum Gasteiger partial charge on any atom is 0.203 e. The Bertz CT molecular complexity index is 979. The molecule has 2 aromatic rings. The van der Waals surface area contributed by atoms with Crippen LogP contribution in [0.4, 0.5) is 0 Å². The van der Waals surface area contributed by atoms with Gasteiger partial charge in [0.2, 0.25) is 5.75 Å². The third kappa shape index (κ3) is 3.06. The number of carbonyl (C=O) groups is 1. The van der Waals surface area contributed by atoms with Crippen molar-refractivity contribution >= 4 is 21.7 Å². The van der Waals surface area contributed by atoms with Crippen LogP contribution in [0.5, 0.6) is 17.2 Å². The maximum absolute atomic E-state index is 12.7. The zero-order chi connectivity index (χ0) is 18.9. The zero-order valence-corrected chi connectivity index (χ0v) is 15.4. The zero-order valence-electron chi connectivity index (χ0n) is 14.6. The summed E-state index contributed by atoms with van der Waals surface area (Å²) in [4.78, 5) is 12.8. The van der Waals surface area contributed by atoms with Gasteiger partial charge in [0.05, 0.1) is 32.0 Å². The molecule has 1 aliphatic heterocycles. The normalized spacial score (nSPS) is 16.9. The molecule has 0 N–H and O–H groups in total. The summed E-state index contributed by atoms with van der Waals surface area (Å²) in [6.45, 7) is 0. The average Bonchev–Trinajstić information content (AvgIpc) is 2.65. The molecule has 1 heterocycles. The molecule has 7 heteroatoms. The first kappa shape index (κ1) is 18.0. The number of Topliss-reactive ketones (excluding diaryl/α,β-unsaturated/α-hetero) is 1. The van der Waals surface area contributed by atoms with E-state index in [1.165, 1.54) is 33.5 Å². The van der Waals surface area contributed by atoms with E-state index < -0.39 is 9.84 Å². The van der Waals surface area contributed by atoms with Crippen LogP contribution in [-0.2, 0) is 9.84 Å². The monoisotopic (exact) mass is 374 g/mol. The largest absolute Gasteiger partial charge is 0.493 e. The van der Waals surface area contributed by atoms with E-state index in [2.05, 4.69) is 0 Å². The van der Waals surface area contributed by atoms with Gasteiger partial charge in [-0.2, -0.15) is 0 Å². The highest BCUT2D eigenvalue weighted by molar-refractivity contribution is 7.91. The number of ketones is 1. The Morgan fingerprint density at radius 3 is 2.15 bits per heavy atom. The van der Waals surface area contributed by atoms with Crippen molar-refractivity contribution in [3.63, 3.8) is 0 Å². The van der Waals surface area contributed by atoms with Gasteiger partial charge in [-0.15, -0.1) is 0 Å². The van der Waals surface area contributed by atoms with E-state index in [0.29, 0.717) is 22.8 Å². The molecule has 0 radical (unpaired) electrons. The maximum atomic E-state index is 12.7. The van der Waals surface area contributed by atoms with Gasteiger partial charge >= 0.3 is 0 Å². The van der Waals surface area contributed by atoms with Crippen molar-refractivity contribution in [3.05, 3.63) is 53.1 Å². The van der Waals surface area contributed by atoms with E-state index in [1.807, 2.05) is 0 Å². The molecule has 136 valence electrons. The first-order valence-corrected chi connectivity index (χ1v) is 9.43. The van der Waals surface area contributed by atoms with Crippen molar-refractivity contribution < 1.29 is 27.4 Å². The number of carbonyl (C=O) groups excluding carboxylic acids is 1. The summed E-state index contributed by atoms with van der Waals surface area (Å²) in [6.07, 6.45) is 1.54. The van der Waals surface area contributed by atoms with Crippen LogP contribution in [0.2, 0.25) is 0 Å². The highest BCUT2D eigenvalue weighted by atomic mass is 32.2. The van der Waals surface area contributed by atoms with E-state index in [4.69, 9.17) is 14.2 Å². The Morgan fingerprint density at radius 1 is 0.962 bits per heavy atom. The number of sulfone groups is 1. The smallest absolute Gasteiger partial charge is 0.203 e. The van der Waals surface area contributed by atoms with Crippen molar-refractivity contribution in [2.75, 3.05) is 27.1 Å². The lowest BCUT2D eigenvalue weighted by atomic mass is 10.0. The fourth-order valence-electron chi connectivity index (χ4n) is 2.94. The van der Waals surface area contributed by atoms with Crippen molar-refractivity contribution in [1.29, 1.82) is 0 Å². The van der Waals surface area contributed by atoms with Crippen LogP contribution in [0.1, 0.15) is 15.9 Å². The van der Waals surface area contributed by atoms with E-state index in [-0.39, 0.29) is 27.6 Å². The summed E-state index contributed by atoms with van der Waals surface area (Å²) in [5.74, 6) is 0.615. The van der Waals surface area contributed by atoms with Gasteiger partial charge < -0.3 is 14.2 Å². The molecule has 0 saturated heterocycles. The molecule has 0 amide bonds. The number of rotatable bonds is 4. The number of benzene rings is 2. The fourth-order valence-corrected chi connectivity index (χ4v) is 4.50. The number of hydrogen-bond acceptors (Lipinski definition) is 6. The first-order chi connectivity index (χ1) is 12.4. The van der Waals surface area contributed by atoms with Crippen LogP contribution in [0.25, 0.3) is 6.08 Å². The minimum absolute atomic E-state index is 0.0760. The predicted molar refractivity (Wildman–Crippen MR) is 96.9 cm³/mol. The van der Waals surface area contributed by atoms with Crippen molar-refractivity contribution in [3.8, 4) is 17.2 Å². The lowest BCUT2D eigenvalue weighted by Crippen LogP contribution is -2.24. The van der Waals surface area contributed by atoms with E-state index in [1.54, 1.807) is 30.3 Å². The Hall–Kier alpha value is -2.80. The van der Waals surface area contributed by atoms with Gasteiger partial charge in [-0.3, -0.25) is 4.79 Å². The Balaban J connectivity index is 2.13. The minimum atomic E-state index is -3.56. The van der Waals surface area contributed by atoms with Crippen molar-refractivity contribution in [1.82, 2.24) is 0 Å². The highest BCUT2D eigenvalue weighted by Gasteiger charge is 2.32. The topological polar surface area (TPSA) is 78.9 Å². The van der Waals surface area contributed by atoms with E-state index in [0.717, 1.165) is 0 Å². The third-order valence-electron chi connectivity index (χ3n) is 4.13. The molecular formula is C19H18O6S. The molecule has 0 saturated carbocycles. The minimum Gasteiger partial charge on any atom is -0.493 e. The van der Waals surface area contributed by atoms with Gasteiger partial charge in [0.1, 0.15) is 0 Å². The van der Waals surface area contributed by atoms with Crippen LogP contribution in [0, 0.1) is 0 Å². The second-order valence-electron chi connectivity index (χ2n) is 5.71. The Kier molecular flexibility index (Phi) is 4.73. The average molecular weight is 374 g/mol. The number of methoxy groups -OCH3 is 3. The lowest BCUT2D eigenvalue weighted by Gasteiger charge is -2.18. The summed E-state index contributed by atoms with van der Waals surface area (Å²) >= 11 is 0. The van der Waals surface area contributed by atoms with E-state index in [9.17, 15) is 13.2 Å². The Labute approximate surface area is 151 Å². The second kappa shape index (κ2) is 6.84. The molecule has 0 aromatic heterocycles. The molecule has 26 heavy (non-hydrogen) atoms. The quantitative estimate of drug-likeness (QED) is 0.766. The summed E-state index contributed by atoms with van der Waals surface area (Å²) in [5, 5.41) is 0. The summed E-state index contributed by atoms with van der Waals surface area (Å²) in [6, 6.07) is 9.56. The van der Waals surface area contributed by atoms with Gasteiger partial charge in [-0.25, -0.2) is 8.42 Å². The summed E-state index contributed by atoms with van der Waals surface area (Å²) < 4.78 is 40.9. The highest BCUT2D eigenvalue weighted by Crippen LogP contribution is 2.39. The lowest BCUT2D eigenvalue weighted by molar-refractivity contribution is 0.103. The Morgan fingerprint density at radius 2 is 1.58 bits per heavy atom. The van der Waals surface area contributed by atoms with Crippen LogP contribution >= 0.6 is 0 Å². The van der Waals surface area contributed by atoms with Gasteiger partial charge in [-0.1, -0.05) is 12.1 Å². The molecule has 0 spiro atoms. The molecule has 0 atom stereocenters. The van der Waals surface area contributed by atoms with Gasteiger partial charge in [0.15, 0.2) is 27.1 Å². The molecule has 0 fully saturated rings. The molecule has 2 aromatic carbocycles. The van der Waals surface area contributed by atoms with Gasteiger partial charge in [-0.05, 0) is 35.9 Å². The SMILES string of the molecule is COc1cc(/C=C2\CS(=O)(=O)c3ccccc3C2=O)cc(OC)c1OC. The summed E-state index contributed by atoms with van der Waals surface area (Å²) in [7, 11) is 0.902. The van der Waals surface area contributed by atoms with Crippen LogP contribution in [0.3, 0.4) is 0 Å². The molecular weight excluding hydrogens is 356 g/mol. The number of ether oxygens (including phenoxy) is 3. The standard InChI is InChI=1S/C19H18O6S/c1-23-15-9-12(10-16(24-2)19(15)25-3)8-13-11-26(21,22)17-7-5-4-6-14(17)18(13)20/h4-10H,11H2,1-3H3/b13-8+. The fraction of sp³-hybridized carbons (Fsp3) is 0.211.